The average molecular weight is 236 g/mol. The molecule has 0 radical (unpaired) electrons. The quantitative estimate of drug-likeness (QED) is 0.817. The van der Waals surface area contributed by atoms with Crippen LogP contribution >= 0.6 is 0 Å². The average Bonchev–Trinajstić information content (AvgIpc) is 2.27. The Hall–Kier alpha value is -1.53. The van der Waals surface area contributed by atoms with Gasteiger partial charge in [0.15, 0.2) is 0 Å². The number of aliphatic hydroxyl groups is 1. The fourth-order valence-corrected chi connectivity index (χ4v) is 1.17. The molecule has 0 bridgehead atoms. The lowest BCUT2D eigenvalue weighted by Gasteiger charge is -2.13. The van der Waals surface area contributed by atoms with Crippen LogP contribution in [0.1, 0.15) is 26.3 Å². The Labute approximate surface area is 101 Å². The molecule has 1 N–H and O–H groups in total. The first-order chi connectivity index (χ1) is 8.02. The summed E-state index contributed by atoms with van der Waals surface area (Å²) in [5.41, 5.74) is 0.639. The first-order valence-electron chi connectivity index (χ1n) is 5.61. The number of halogens is 1. The van der Waals surface area contributed by atoms with Gasteiger partial charge in [-0.25, -0.2) is 4.39 Å². The van der Waals surface area contributed by atoms with Crippen LogP contribution in [0, 0.1) is 23.6 Å². The molecule has 0 fully saturated rings. The molecule has 0 aliphatic carbocycles. The molecule has 0 spiro atoms. The lowest BCUT2D eigenvalue weighted by molar-refractivity contribution is 0.129. The van der Waals surface area contributed by atoms with Crippen LogP contribution < -0.4 is 4.74 Å². The van der Waals surface area contributed by atoms with Gasteiger partial charge in [0.2, 0.25) is 0 Å². The van der Waals surface area contributed by atoms with Gasteiger partial charge in [0, 0.05) is 12.0 Å². The van der Waals surface area contributed by atoms with Crippen molar-refractivity contribution in [3.8, 4) is 17.6 Å². The zero-order valence-corrected chi connectivity index (χ0v) is 10.3. The van der Waals surface area contributed by atoms with Crippen LogP contribution in [0.5, 0.6) is 5.75 Å². The standard InChI is InChI=1S/C14H17FO2/c1-10(2)4-5-12-6-7-13(15)8-14(12)17-11(3)9-16/h6-8,10-11,16H,9H2,1-3H3. The molecule has 17 heavy (non-hydrogen) atoms. The van der Waals surface area contributed by atoms with Crippen molar-refractivity contribution in [2.75, 3.05) is 6.61 Å². The predicted octanol–water partition coefficient (Wildman–Crippen LogP) is 2.59. The molecule has 0 saturated heterocycles. The van der Waals surface area contributed by atoms with E-state index in [1.807, 2.05) is 13.8 Å². The third-order valence-electron chi connectivity index (χ3n) is 2.02. The van der Waals surface area contributed by atoms with Crippen molar-refractivity contribution in [2.24, 2.45) is 5.92 Å². The minimum atomic E-state index is -0.378. The number of benzene rings is 1. The summed E-state index contributed by atoms with van der Waals surface area (Å²) in [6, 6.07) is 4.22. The topological polar surface area (TPSA) is 29.5 Å². The molecule has 1 unspecified atom stereocenters. The Morgan fingerprint density at radius 1 is 1.35 bits per heavy atom. The van der Waals surface area contributed by atoms with Gasteiger partial charge in [0.1, 0.15) is 17.7 Å². The van der Waals surface area contributed by atoms with E-state index in [9.17, 15) is 4.39 Å². The summed E-state index contributed by atoms with van der Waals surface area (Å²) >= 11 is 0. The van der Waals surface area contributed by atoms with Crippen LogP contribution in [0.4, 0.5) is 4.39 Å². The van der Waals surface area contributed by atoms with Crippen molar-refractivity contribution < 1.29 is 14.2 Å². The van der Waals surface area contributed by atoms with E-state index in [1.54, 1.807) is 13.0 Å². The number of hydrogen-bond donors (Lipinski definition) is 1. The van der Waals surface area contributed by atoms with E-state index in [1.165, 1.54) is 12.1 Å². The molecule has 0 heterocycles. The van der Waals surface area contributed by atoms with Crippen LogP contribution in [0.3, 0.4) is 0 Å². The van der Waals surface area contributed by atoms with Crippen molar-refractivity contribution in [3.05, 3.63) is 29.6 Å². The minimum Gasteiger partial charge on any atom is -0.487 e. The smallest absolute Gasteiger partial charge is 0.138 e. The van der Waals surface area contributed by atoms with E-state index >= 15 is 0 Å². The van der Waals surface area contributed by atoms with Gasteiger partial charge in [0.05, 0.1) is 12.2 Å². The first kappa shape index (κ1) is 13.5. The van der Waals surface area contributed by atoms with Gasteiger partial charge >= 0.3 is 0 Å². The van der Waals surface area contributed by atoms with Crippen LogP contribution in [-0.4, -0.2) is 17.8 Å². The zero-order chi connectivity index (χ0) is 12.8. The second kappa shape index (κ2) is 6.27. The van der Waals surface area contributed by atoms with Gasteiger partial charge in [-0.2, -0.15) is 0 Å². The summed E-state index contributed by atoms with van der Waals surface area (Å²) in [4.78, 5) is 0. The van der Waals surface area contributed by atoms with Gasteiger partial charge in [-0.15, -0.1) is 0 Å². The molecule has 1 rings (SSSR count). The minimum absolute atomic E-state index is 0.117. The molecule has 0 amide bonds. The number of hydrogen-bond acceptors (Lipinski definition) is 2. The van der Waals surface area contributed by atoms with Gasteiger partial charge in [-0.1, -0.05) is 25.7 Å². The van der Waals surface area contributed by atoms with Crippen molar-refractivity contribution in [1.29, 1.82) is 0 Å². The zero-order valence-electron chi connectivity index (χ0n) is 10.3. The maximum atomic E-state index is 13.1. The number of ether oxygens (including phenoxy) is 1. The summed E-state index contributed by atoms with van der Waals surface area (Å²) in [5.74, 6) is 6.18. The van der Waals surface area contributed by atoms with Crippen molar-refractivity contribution >= 4 is 0 Å². The van der Waals surface area contributed by atoms with Crippen LogP contribution in [-0.2, 0) is 0 Å². The second-order valence-corrected chi connectivity index (χ2v) is 4.18. The number of rotatable bonds is 3. The molecule has 3 heteroatoms. The highest BCUT2D eigenvalue weighted by molar-refractivity contribution is 5.46. The highest BCUT2D eigenvalue weighted by atomic mass is 19.1. The third-order valence-corrected chi connectivity index (χ3v) is 2.02. The summed E-state index contributed by atoms with van der Waals surface area (Å²) in [6.07, 6.45) is -0.378. The molecular weight excluding hydrogens is 219 g/mol. The maximum absolute atomic E-state index is 13.1. The van der Waals surface area contributed by atoms with Crippen molar-refractivity contribution in [3.63, 3.8) is 0 Å². The highest BCUT2D eigenvalue weighted by Gasteiger charge is 2.07. The summed E-state index contributed by atoms with van der Waals surface area (Å²) < 4.78 is 18.5. The molecule has 2 nitrogen and oxygen atoms in total. The SMILES string of the molecule is CC(C)C#Cc1ccc(F)cc1OC(C)CO. The highest BCUT2D eigenvalue weighted by Crippen LogP contribution is 2.20. The number of aliphatic hydroxyl groups excluding tert-OH is 1. The monoisotopic (exact) mass is 236 g/mol. The molecule has 0 aliphatic rings. The van der Waals surface area contributed by atoms with E-state index in [0.717, 1.165) is 0 Å². The molecule has 1 aromatic rings. The molecule has 0 saturated carbocycles. The van der Waals surface area contributed by atoms with Gasteiger partial charge in [0.25, 0.3) is 0 Å². The Morgan fingerprint density at radius 3 is 2.65 bits per heavy atom. The molecule has 0 aliphatic heterocycles. The molecular formula is C14H17FO2. The Morgan fingerprint density at radius 2 is 2.06 bits per heavy atom. The summed E-state index contributed by atoms with van der Waals surface area (Å²) in [6.45, 7) is 5.55. The van der Waals surface area contributed by atoms with E-state index in [0.29, 0.717) is 11.3 Å². The predicted molar refractivity (Wildman–Crippen MR) is 65.3 cm³/mol. The fraction of sp³-hybridized carbons (Fsp3) is 0.429. The Kier molecular flexibility index (Phi) is 4.99. The van der Waals surface area contributed by atoms with Crippen molar-refractivity contribution in [2.45, 2.75) is 26.9 Å². The van der Waals surface area contributed by atoms with E-state index in [2.05, 4.69) is 11.8 Å². The summed E-state index contributed by atoms with van der Waals surface area (Å²) in [5, 5.41) is 8.92. The Bertz CT molecular complexity index is 430. The van der Waals surface area contributed by atoms with Crippen LogP contribution in [0.25, 0.3) is 0 Å². The lowest BCUT2D eigenvalue weighted by atomic mass is 10.1. The molecule has 0 aromatic heterocycles. The van der Waals surface area contributed by atoms with Gasteiger partial charge < -0.3 is 9.84 Å². The molecule has 1 aromatic carbocycles. The molecule has 1 atom stereocenters. The van der Waals surface area contributed by atoms with Crippen LogP contribution in [0.15, 0.2) is 18.2 Å². The van der Waals surface area contributed by atoms with Gasteiger partial charge in [-0.3, -0.25) is 0 Å². The maximum Gasteiger partial charge on any atom is 0.138 e. The summed E-state index contributed by atoms with van der Waals surface area (Å²) in [7, 11) is 0. The fourth-order valence-electron chi connectivity index (χ4n) is 1.17. The van der Waals surface area contributed by atoms with E-state index in [-0.39, 0.29) is 24.4 Å². The van der Waals surface area contributed by atoms with Crippen LogP contribution in [0.2, 0.25) is 0 Å². The second-order valence-electron chi connectivity index (χ2n) is 4.18. The van der Waals surface area contributed by atoms with Gasteiger partial charge in [-0.05, 0) is 19.1 Å². The first-order valence-corrected chi connectivity index (χ1v) is 5.61. The largest absolute Gasteiger partial charge is 0.487 e. The van der Waals surface area contributed by atoms with E-state index < -0.39 is 0 Å². The third kappa shape index (κ3) is 4.46. The van der Waals surface area contributed by atoms with E-state index in [4.69, 9.17) is 9.84 Å². The lowest BCUT2D eigenvalue weighted by Crippen LogP contribution is -2.16. The van der Waals surface area contributed by atoms with Crippen molar-refractivity contribution in [1.82, 2.24) is 0 Å². The molecule has 92 valence electrons. The Balaban J connectivity index is 3.00. The normalized spacial score (nSPS) is 11.9.